The van der Waals surface area contributed by atoms with Crippen LogP contribution in [0.25, 0.3) is 6.08 Å². The van der Waals surface area contributed by atoms with Crippen molar-refractivity contribution in [3.8, 4) is 17.6 Å². The monoisotopic (exact) mass is 604 g/mol. The van der Waals surface area contributed by atoms with Crippen LogP contribution in [-0.4, -0.2) is 17.3 Å². The van der Waals surface area contributed by atoms with Crippen molar-refractivity contribution >= 4 is 85.1 Å². The van der Waals surface area contributed by atoms with Crippen molar-refractivity contribution in [2.24, 2.45) is 0 Å². The van der Waals surface area contributed by atoms with Crippen LogP contribution in [0.2, 0.25) is 10.0 Å². The van der Waals surface area contributed by atoms with E-state index in [4.69, 9.17) is 44.9 Å². The fraction of sp³-hybridized carbons (Fsp3) is 0.0800. The maximum atomic E-state index is 13.1. The Morgan fingerprint density at radius 3 is 2.66 bits per heavy atom. The van der Waals surface area contributed by atoms with Gasteiger partial charge in [-0.15, -0.1) is 0 Å². The lowest BCUT2D eigenvalue weighted by molar-refractivity contribution is -0.113. The van der Waals surface area contributed by atoms with Crippen LogP contribution in [0, 0.1) is 11.3 Å². The number of anilines is 1. The van der Waals surface area contributed by atoms with Crippen LogP contribution in [0.4, 0.5) is 5.69 Å². The minimum Gasteiger partial charge on any atom is -0.493 e. The highest BCUT2D eigenvalue weighted by Gasteiger charge is 2.33. The summed E-state index contributed by atoms with van der Waals surface area (Å²) in [6.07, 6.45) is 1.70. The van der Waals surface area contributed by atoms with Gasteiger partial charge in [0.15, 0.2) is 15.8 Å². The Bertz CT molecular complexity index is 1420. The van der Waals surface area contributed by atoms with Gasteiger partial charge in [-0.1, -0.05) is 65.4 Å². The SMILES string of the molecule is COc1cc(/C=C2\SC(=S)N(c3ccc(Br)c(Cl)c3)C2=O)cc(Cl)c1OCc1ccccc1C#N. The number of hydrogen-bond donors (Lipinski definition) is 0. The van der Waals surface area contributed by atoms with E-state index in [1.807, 2.05) is 12.1 Å². The van der Waals surface area contributed by atoms with Gasteiger partial charge in [0.05, 0.1) is 39.4 Å². The molecule has 3 aromatic carbocycles. The number of thioether (sulfide) groups is 1. The quantitative estimate of drug-likeness (QED) is 0.213. The van der Waals surface area contributed by atoms with Crippen LogP contribution < -0.4 is 14.4 Å². The first-order valence-corrected chi connectivity index (χ1v) is 12.8. The number of ether oxygens (including phenoxy) is 2. The molecule has 10 heteroatoms. The number of carbonyl (C=O) groups is 1. The zero-order chi connectivity index (χ0) is 25.1. The van der Waals surface area contributed by atoms with E-state index in [9.17, 15) is 10.1 Å². The Labute approximate surface area is 230 Å². The van der Waals surface area contributed by atoms with Gasteiger partial charge in [-0.3, -0.25) is 9.69 Å². The van der Waals surface area contributed by atoms with Crippen molar-refractivity contribution in [1.29, 1.82) is 5.26 Å². The number of nitriles is 1. The molecule has 176 valence electrons. The van der Waals surface area contributed by atoms with E-state index in [-0.39, 0.29) is 12.5 Å². The van der Waals surface area contributed by atoms with Gasteiger partial charge in [0, 0.05) is 10.0 Å². The summed E-state index contributed by atoms with van der Waals surface area (Å²) in [7, 11) is 1.50. The number of methoxy groups -OCH3 is 1. The third-order valence-electron chi connectivity index (χ3n) is 5.01. The van der Waals surface area contributed by atoms with Gasteiger partial charge in [-0.25, -0.2) is 0 Å². The summed E-state index contributed by atoms with van der Waals surface area (Å²) in [6.45, 7) is 0.146. The molecule has 0 spiro atoms. The molecule has 1 aliphatic heterocycles. The molecule has 0 unspecified atom stereocenters. The molecule has 0 atom stereocenters. The molecule has 0 aliphatic carbocycles. The Kier molecular flexibility index (Phi) is 8.05. The molecule has 3 aromatic rings. The van der Waals surface area contributed by atoms with E-state index in [0.29, 0.717) is 47.6 Å². The molecule has 0 radical (unpaired) electrons. The van der Waals surface area contributed by atoms with Crippen LogP contribution in [0.15, 0.2) is 64.0 Å². The molecule has 1 fully saturated rings. The molecular weight excluding hydrogens is 591 g/mol. The van der Waals surface area contributed by atoms with Crippen molar-refractivity contribution in [3.05, 3.63) is 90.7 Å². The van der Waals surface area contributed by atoms with Crippen molar-refractivity contribution in [2.45, 2.75) is 6.61 Å². The number of rotatable bonds is 6. The second-order valence-electron chi connectivity index (χ2n) is 7.21. The summed E-state index contributed by atoms with van der Waals surface area (Å²) >= 11 is 22.7. The maximum Gasteiger partial charge on any atom is 0.270 e. The summed E-state index contributed by atoms with van der Waals surface area (Å²) in [4.78, 5) is 15.0. The molecule has 4 rings (SSSR count). The number of carbonyl (C=O) groups excluding carboxylic acids is 1. The molecule has 1 saturated heterocycles. The predicted octanol–water partition coefficient (Wildman–Crippen LogP) is 7.62. The number of amides is 1. The standard InChI is InChI=1S/C25H15BrCl2N2O3S2/c1-32-21-9-14(8-20(28)23(21)33-13-16-5-3-2-4-15(16)12-29)10-22-24(31)30(25(34)35-22)17-6-7-18(26)19(27)11-17/h2-11H,13H2,1H3/b22-10-. The predicted molar refractivity (Wildman–Crippen MR) is 148 cm³/mol. The van der Waals surface area contributed by atoms with E-state index in [1.165, 1.54) is 23.8 Å². The van der Waals surface area contributed by atoms with E-state index >= 15 is 0 Å². The van der Waals surface area contributed by atoms with Gasteiger partial charge < -0.3 is 9.47 Å². The summed E-state index contributed by atoms with van der Waals surface area (Å²) in [5.41, 5.74) is 2.48. The van der Waals surface area contributed by atoms with Crippen LogP contribution in [0.3, 0.4) is 0 Å². The Hall–Kier alpha value is -2.54. The number of nitrogens with zero attached hydrogens (tertiary/aromatic N) is 2. The Morgan fingerprint density at radius 2 is 1.94 bits per heavy atom. The topological polar surface area (TPSA) is 62.6 Å². The van der Waals surface area contributed by atoms with Gasteiger partial charge in [0.2, 0.25) is 0 Å². The van der Waals surface area contributed by atoms with E-state index in [2.05, 4.69) is 22.0 Å². The van der Waals surface area contributed by atoms with Crippen molar-refractivity contribution in [2.75, 3.05) is 12.0 Å². The maximum absolute atomic E-state index is 13.1. The highest BCUT2D eigenvalue weighted by atomic mass is 79.9. The zero-order valence-corrected chi connectivity index (χ0v) is 22.8. The van der Waals surface area contributed by atoms with E-state index in [1.54, 1.807) is 48.5 Å². The summed E-state index contributed by atoms with van der Waals surface area (Å²) < 4.78 is 12.5. The Balaban J connectivity index is 1.60. The average Bonchev–Trinajstić information content (AvgIpc) is 3.12. The van der Waals surface area contributed by atoms with Crippen molar-refractivity contribution in [3.63, 3.8) is 0 Å². The molecule has 1 heterocycles. The van der Waals surface area contributed by atoms with E-state index in [0.717, 1.165) is 10.0 Å². The first-order chi connectivity index (χ1) is 16.8. The molecular formula is C25H15BrCl2N2O3S2. The molecule has 5 nitrogen and oxygen atoms in total. The van der Waals surface area contributed by atoms with Gasteiger partial charge in [-0.2, -0.15) is 5.26 Å². The van der Waals surface area contributed by atoms with Gasteiger partial charge in [0.25, 0.3) is 5.91 Å². The lowest BCUT2D eigenvalue weighted by Crippen LogP contribution is -2.27. The van der Waals surface area contributed by atoms with Crippen LogP contribution in [0.5, 0.6) is 11.5 Å². The fourth-order valence-electron chi connectivity index (χ4n) is 3.33. The zero-order valence-electron chi connectivity index (χ0n) is 18.1. The molecule has 0 bridgehead atoms. The lowest BCUT2D eigenvalue weighted by atomic mass is 10.1. The molecule has 0 N–H and O–H groups in total. The largest absolute Gasteiger partial charge is 0.493 e. The Morgan fingerprint density at radius 1 is 1.17 bits per heavy atom. The van der Waals surface area contributed by atoms with Crippen LogP contribution >= 0.6 is 63.1 Å². The van der Waals surface area contributed by atoms with Crippen molar-refractivity contribution in [1.82, 2.24) is 0 Å². The molecule has 35 heavy (non-hydrogen) atoms. The molecule has 0 saturated carbocycles. The summed E-state index contributed by atoms with van der Waals surface area (Å²) in [5, 5.41) is 10.1. The number of benzene rings is 3. The normalized spacial score (nSPS) is 14.4. The van der Waals surface area contributed by atoms with Gasteiger partial charge in [0.1, 0.15) is 6.61 Å². The minimum absolute atomic E-state index is 0.146. The highest BCUT2D eigenvalue weighted by molar-refractivity contribution is 9.10. The van der Waals surface area contributed by atoms with Crippen LogP contribution in [-0.2, 0) is 11.4 Å². The second kappa shape index (κ2) is 11.0. The smallest absolute Gasteiger partial charge is 0.270 e. The minimum atomic E-state index is -0.262. The second-order valence-corrected chi connectivity index (χ2v) is 10.6. The summed E-state index contributed by atoms with van der Waals surface area (Å²) in [5.74, 6) is 0.478. The lowest BCUT2D eigenvalue weighted by Gasteiger charge is -2.15. The fourth-order valence-corrected chi connectivity index (χ4v) is 5.33. The molecule has 0 aromatic heterocycles. The third kappa shape index (κ3) is 5.50. The highest BCUT2D eigenvalue weighted by Crippen LogP contribution is 2.41. The van der Waals surface area contributed by atoms with Crippen molar-refractivity contribution < 1.29 is 14.3 Å². The van der Waals surface area contributed by atoms with Gasteiger partial charge >= 0.3 is 0 Å². The van der Waals surface area contributed by atoms with Gasteiger partial charge in [-0.05, 0) is 64.0 Å². The summed E-state index contributed by atoms with van der Waals surface area (Å²) in [6, 6.07) is 17.9. The average molecular weight is 606 g/mol. The third-order valence-corrected chi connectivity index (χ3v) is 7.83. The van der Waals surface area contributed by atoms with E-state index < -0.39 is 0 Å². The molecule has 1 amide bonds. The molecule has 1 aliphatic rings. The number of hydrogen-bond acceptors (Lipinski definition) is 6. The number of halogens is 3. The van der Waals surface area contributed by atoms with Crippen LogP contribution in [0.1, 0.15) is 16.7 Å². The first kappa shape index (κ1) is 25.5. The first-order valence-electron chi connectivity index (χ1n) is 10.0. The number of thiocarbonyl (C=S) groups is 1.